The zero-order valence-electron chi connectivity index (χ0n) is 15.7. The summed E-state index contributed by atoms with van der Waals surface area (Å²) in [5.41, 5.74) is -0.0428. The minimum absolute atomic E-state index is 0.136. The summed E-state index contributed by atoms with van der Waals surface area (Å²) in [6.07, 6.45) is 10.2. The van der Waals surface area contributed by atoms with Crippen LogP contribution in [0.4, 0.5) is 5.13 Å². The fraction of sp³-hybridized carbons (Fsp3) is 0.500. The zero-order chi connectivity index (χ0) is 19.6. The molecule has 0 atom stereocenters. The Labute approximate surface area is 167 Å². The third-order valence-corrected chi connectivity index (χ3v) is 6.57. The van der Waals surface area contributed by atoms with E-state index in [2.05, 4.69) is 10.3 Å². The molecule has 1 aliphatic heterocycles. The molecule has 0 aromatic carbocycles. The summed E-state index contributed by atoms with van der Waals surface area (Å²) in [4.78, 5) is 43.8. The molecule has 7 nitrogen and oxygen atoms in total. The van der Waals surface area contributed by atoms with Gasteiger partial charge in [0, 0.05) is 30.9 Å². The van der Waals surface area contributed by atoms with Crippen molar-refractivity contribution < 1.29 is 9.59 Å². The Kier molecular flexibility index (Phi) is 5.30. The number of anilines is 1. The van der Waals surface area contributed by atoms with E-state index in [-0.39, 0.29) is 29.3 Å². The molecule has 0 bridgehead atoms. The van der Waals surface area contributed by atoms with Crippen molar-refractivity contribution in [3.63, 3.8) is 0 Å². The van der Waals surface area contributed by atoms with Crippen LogP contribution in [0, 0.1) is 5.41 Å². The Morgan fingerprint density at radius 3 is 2.79 bits per heavy atom. The first kappa shape index (κ1) is 18.9. The van der Waals surface area contributed by atoms with Gasteiger partial charge in [0.05, 0.1) is 0 Å². The summed E-state index contributed by atoms with van der Waals surface area (Å²) in [6, 6.07) is 3.21. The van der Waals surface area contributed by atoms with Crippen LogP contribution in [0.15, 0.2) is 34.7 Å². The van der Waals surface area contributed by atoms with Crippen molar-refractivity contribution in [3.8, 4) is 0 Å². The van der Waals surface area contributed by atoms with Crippen LogP contribution in [-0.4, -0.2) is 39.4 Å². The summed E-state index contributed by atoms with van der Waals surface area (Å²) in [7, 11) is 0. The van der Waals surface area contributed by atoms with E-state index >= 15 is 0 Å². The number of amides is 2. The predicted octanol–water partition coefficient (Wildman–Crippen LogP) is 2.74. The van der Waals surface area contributed by atoms with Crippen LogP contribution in [0.25, 0.3) is 0 Å². The van der Waals surface area contributed by atoms with Crippen molar-refractivity contribution >= 4 is 28.3 Å². The van der Waals surface area contributed by atoms with Crippen molar-refractivity contribution in [2.24, 2.45) is 5.41 Å². The summed E-state index contributed by atoms with van der Waals surface area (Å²) >= 11 is 1.31. The van der Waals surface area contributed by atoms with E-state index in [0.29, 0.717) is 11.7 Å². The number of carbonyl (C=O) groups excluding carboxylic acids is 2. The maximum absolute atomic E-state index is 13.0. The molecule has 1 spiro atoms. The molecule has 1 aliphatic carbocycles. The molecule has 2 fully saturated rings. The lowest BCUT2D eigenvalue weighted by Crippen LogP contribution is -2.38. The maximum atomic E-state index is 13.0. The Balaban J connectivity index is 1.46. The van der Waals surface area contributed by atoms with Crippen molar-refractivity contribution in [1.29, 1.82) is 0 Å². The number of hydrogen-bond acceptors (Lipinski definition) is 5. The number of aromatic nitrogens is 2. The van der Waals surface area contributed by atoms with Gasteiger partial charge in [0.2, 0.25) is 5.91 Å². The smallest absolute Gasteiger partial charge is 0.263 e. The van der Waals surface area contributed by atoms with E-state index in [1.807, 2.05) is 4.90 Å². The Bertz CT molecular complexity index is 916. The lowest BCUT2D eigenvalue weighted by Gasteiger charge is -2.33. The molecule has 3 heterocycles. The van der Waals surface area contributed by atoms with Gasteiger partial charge in [-0.15, -0.1) is 11.3 Å². The van der Waals surface area contributed by atoms with Crippen LogP contribution in [0.3, 0.4) is 0 Å². The van der Waals surface area contributed by atoms with Crippen molar-refractivity contribution in [2.75, 3.05) is 18.4 Å². The van der Waals surface area contributed by atoms with Gasteiger partial charge in [0.25, 0.3) is 11.5 Å². The molecule has 2 aromatic rings. The standard InChI is InChI=1S/C20H24N4O3S/c25-16(22-19-21-9-12-28-19)13-23-10-4-5-15(17(23)26)18(27)24-11-8-20(14-24)6-2-1-3-7-20/h4-5,9-10,12H,1-3,6-8,11,13-14H2,(H,21,22,25). The van der Waals surface area contributed by atoms with Gasteiger partial charge in [-0.25, -0.2) is 4.98 Å². The number of hydrogen-bond donors (Lipinski definition) is 1. The van der Waals surface area contributed by atoms with Crippen molar-refractivity contribution in [3.05, 3.63) is 45.8 Å². The molecule has 0 radical (unpaired) electrons. The molecular formula is C20H24N4O3S. The second-order valence-corrected chi connectivity index (χ2v) is 8.67. The van der Waals surface area contributed by atoms with Gasteiger partial charge in [-0.1, -0.05) is 19.3 Å². The van der Waals surface area contributed by atoms with Crippen LogP contribution in [0.1, 0.15) is 48.9 Å². The number of carbonyl (C=O) groups is 2. The highest BCUT2D eigenvalue weighted by molar-refractivity contribution is 7.13. The highest BCUT2D eigenvalue weighted by Crippen LogP contribution is 2.43. The monoisotopic (exact) mass is 400 g/mol. The molecule has 1 saturated carbocycles. The second-order valence-electron chi connectivity index (χ2n) is 7.78. The van der Waals surface area contributed by atoms with E-state index in [0.717, 1.165) is 13.0 Å². The average Bonchev–Trinajstić information content (AvgIpc) is 3.34. The van der Waals surface area contributed by atoms with Gasteiger partial charge in [-0.05, 0) is 36.8 Å². The van der Waals surface area contributed by atoms with Crippen molar-refractivity contribution in [2.45, 2.75) is 45.1 Å². The molecule has 0 unspecified atom stereocenters. The number of thiazole rings is 1. The van der Waals surface area contributed by atoms with Crippen LogP contribution in [0.5, 0.6) is 0 Å². The SMILES string of the molecule is O=C(Cn1cccc(C(=O)N2CCC3(CCCCC3)C2)c1=O)Nc1nccs1. The Hall–Kier alpha value is -2.48. The Morgan fingerprint density at radius 2 is 2.04 bits per heavy atom. The van der Waals surface area contributed by atoms with E-state index in [4.69, 9.17) is 0 Å². The van der Waals surface area contributed by atoms with E-state index in [1.54, 1.807) is 23.7 Å². The topological polar surface area (TPSA) is 84.3 Å². The third kappa shape index (κ3) is 3.87. The molecule has 2 aromatic heterocycles. The normalized spacial score (nSPS) is 18.4. The molecule has 2 amide bonds. The summed E-state index contributed by atoms with van der Waals surface area (Å²) in [5.74, 6) is -0.564. The molecule has 1 N–H and O–H groups in total. The third-order valence-electron chi connectivity index (χ3n) is 5.88. The van der Waals surface area contributed by atoms with Gasteiger partial charge in [0.15, 0.2) is 5.13 Å². The van der Waals surface area contributed by atoms with E-state index in [1.165, 1.54) is 54.2 Å². The minimum atomic E-state index is -0.425. The molecule has 4 rings (SSSR count). The lowest BCUT2D eigenvalue weighted by atomic mass is 9.73. The number of pyridine rings is 1. The highest BCUT2D eigenvalue weighted by Gasteiger charge is 2.41. The number of nitrogens with zero attached hydrogens (tertiary/aromatic N) is 3. The second kappa shape index (κ2) is 7.87. The van der Waals surface area contributed by atoms with E-state index < -0.39 is 5.56 Å². The van der Waals surface area contributed by atoms with Crippen LogP contribution < -0.4 is 10.9 Å². The maximum Gasteiger partial charge on any atom is 0.263 e. The van der Waals surface area contributed by atoms with Gasteiger partial charge < -0.3 is 14.8 Å². The summed E-state index contributed by atoms with van der Waals surface area (Å²) < 4.78 is 1.28. The fourth-order valence-electron chi connectivity index (χ4n) is 4.41. The first-order chi connectivity index (χ1) is 13.6. The minimum Gasteiger partial charge on any atom is -0.338 e. The largest absolute Gasteiger partial charge is 0.338 e. The van der Waals surface area contributed by atoms with E-state index in [9.17, 15) is 14.4 Å². The average molecular weight is 401 g/mol. The number of likely N-dealkylation sites (tertiary alicyclic amines) is 1. The number of rotatable bonds is 4. The Morgan fingerprint density at radius 1 is 1.21 bits per heavy atom. The highest BCUT2D eigenvalue weighted by atomic mass is 32.1. The van der Waals surface area contributed by atoms with Crippen molar-refractivity contribution in [1.82, 2.24) is 14.5 Å². The van der Waals surface area contributed by atoms with Gasteiger partial charge in [0.1, 0.15) is 12.1 Å². The van der Waals surface area contributed by atoms with Gasteiger partial charge in [-0.2, -0.15) is 0 Å². The predicted molar refractivity (Wildman–Crippen MR) is 107 cm³/mol. The molecule has 148 valence electrons. The summed E-state index contributed by atoms with van der Waals surface area (Å²) in [5, 5.41) is 4.90. The van der Waals surface area contributed by atoms with Crippen LogP contribution in [-0.2, 0) is 11.3 Å². The quantitative estimate of drug-likeness (QED) is 0.855. The molecule has 2 aliphatic rings. The van der Waals surface area contributed by atoms with Gasteiger partial charge in [-0.3, -0.25) is 14.4 Å². The fourth-order valence-corrected chi connectivity index (χ4v) is 4.96. The molecular weight excluding hydrogens is 376 g/mol. The molecule has 28 heavy (non-hydrogen) atoms. The van der Waals surface area contributed by atoms with Crippen LogP contribution >= 0.6 is 11.3 Å². The first-order valence-corrected chi connectivity index (χ1v) is 10.6. The first-order valence-electron chi connectivity index (χ1n) is 9.74. The zero-order valence-corrected chi connectivity index (χ0v) is 16.5. The van der Waals surface area contributed by atoms with Crippen LogP contribution in [0.2, 0.25) is 0 Å². The molecule has 8 heteroatoms. The van der Waals surface area contributed by atoms with Gasteiger partial charge >= 0.3 is 0 Å². The molecule has 1 saturated heterocycles. The summed E-state index contributed by atoms with van der Waals surface area (Å²) in [6.45, 7) is 1.30. The number of nitrogens with one attached hydrogen (secondary N) is 1. The lowest BCUT2D eigenvalue weighted by molar-refractivity contribution is -0.116.